The fraction of sp³-hybridized carbons (Fsp3) is 0.800. The Morgan fingerprint density at radius 1 is 1.07 bits per heavy atom. The third kappa shape index (κ3) is 10.8. The molecule has 0 aromatic rings. The van der Waals surface area contributed by atoms with Crippen molar-refractivity contribution in [1.82, 2.24) is 0 Å². The van der Waals surface area contributed by atoms with Gasteiger partial charge in [-0.2, -0.15) is 0 Å². The second kappa shape index (κ2) is 9.45. The summed E-state index contributed by atoms with van der Waals surface area (Å²) >= 11 is 0. The molecule has 0 fully saturated rings. The van der Waals surface area contributed by atoms with Crippen LogP contribution in [0.3, 0.4) is 0 Å². The van der Waals surface area contributed by atoms with Gasteiger partial charge < -0.3 is 19.7 Å². The molecule has 88 valence electrons. The Hall–Kier alpha value is -1.10. The molecule has 0 unspecified atom stereocenters. The summed E-state index contributed by atoms with van der Waals surface area (Å²) in [6.07, 6.45) is 2.45. The lowest BCUT2D eigenvalue weighted by molar-refractivity contribution is -0.305. The number of carboxylic acids is 1. The summed E-state index contributed by atoms with van der Waals surface area (Å²) < 4.78 is 4.84. The normalized spacial score (nSPS) is 9.93. The molecule has 0 aromatic carbocycles. The number of carbonyl (C=O) groups excluding carboxylic acids is 2. The third-order valence-corrected chi connectivity index (χ3v) is 1.83. The summed E-state index contributed by atoms with van der Waals surface area (Å²) in [6.45, 7) is 0.420. The second-order valence-electron chi connectivity index (χ2n) is 3.23. The number of hydrogen-bond donors (Lipinski definition) is 1. The first kappa shape index (κ1) is 13.9. The number of esters is 1. The number of hydrogen-bond acceptors (Lipinski definition) is 5. The Kier molecular flexibility index (Phi) is 8.76. The van der Waals surface area contributed by atoms with E-state index in [1.165, 1.54) is 0 Å². The largest absolute Gasteiger partial charge is 0.550 e. The van der Waals surface area contributed by atoms with Crippen molar-refractivity contribution in [1.29, 1.82) is 0 Å². The molecule has 0 atom stereocenters. The van der Waals surface area contributed by atoms with Crippen LogP contribution in [0.5, 0.6) is 0 Å². The van der Waals surface area contributed by atoms with Crippen LogP contribution in [0.2, 0.25) is 0 Å². The maximum atomic E-state index is 11.0. The van der Waals surface area contributed by atoms with Gasteiger partial charge >= 0.3 is 5.97 Å². The van der Waals surface area contributed by atoms with E-state index in [2.05, 4.69) is 0 Å². The van der Waals surface area contributed by atoms with Gasteiger partial charge in [-0.1, -0.05) is 0 Å². The smallest absolute Gasteiger partial charge is 0.305 e. The van der Waals surface area contributed by atoms with E-state index in [9.17, 15) is 14.7 Å². The summed E-state index contributed by atoms with van der Waals surface area (Å²) in [6, 6.07) is 0. The lowest BCUT2D eigenvalue weighted by atomic mass is 10.2. The number of aliphatic carboxylic acids is 1. The molecule has 0 aliphatic carbocycles. The van der Waals surface area contributed by atoms with Gasteiger partial charge in [-0.15, -0.1) is 0 Å². The van der Waals surface area contributed by atoms with E-state index >= 15 is 0 Å². The average molecular weight is 217 g/mol. The summed E-state index contributed by atoms with van der Waals surface area (Å²) in [4.78, 5) is 21.0. The van der Waals surface area contributed by atoms with E-state index in [0.29, 0.717) is 32.3 Å². The van der Waals surface area contributed by atoms with Crippen molar-refractivity contribution in [2.75, 3.05) is 13.2 Å². The SMILES string of the molecule is O=C([O-])CCCCC(=O)OCCCCO. The summed E-state index contributed by atoms with van der Waals surface area (Å²) in [7, 11) is 0. The van der Waals surface area contributed by atoms with E-state index in [-0.39, 0.29) is 25.4 Å². The molecule has 0 radical (unpaired) electrons. The second-order valence-corrected chi connectivity index (χ2v) is 3.23. The number of aliphatic hydroxyl groups excluding tert-OH is 1. The fourth-order valence-electron chi connectivity index (χ4n) is 1.01. The number of carbonyl (C=O) groups is 2. The molecule has 0 heterocycles. The van der Waals surface area contributed by atoms with Gasteiger partial charge in [0, 0.05) is 19.0 Å². The first-order valence-corrected chi connectivity index (χ1v) is 5.13. The lowest BCUT2D eigenvalue weighted by Crippen LogP contribution is -2.21. The van der Waals surface area contributed by atoms with Crippen molar-refractivity contribution in [3.63, 3.8) is 0 Å². The average Bonchev–Trinajstić information content (AvgIpc) is 2.19. The Bertz CT molecular complexity index is 190. The Morgan fingerprint density at radius 3 is 2.33 bits per heavy atom. The number of ether oxygens (including phenoxy) is 1. The predicted octanol–water partition coefficient (Wildman–Crippen LogP) is -0.388. The van der Waals surface area contributed by atoms with Crippen LogP contribution in [-0.2, 0) is 14.3 Å². The Labute approximate surface area is 89.0 Å². The van der Waals surface area contributed by atoms with Crippen LogP contribution in [0.15, 0.2) is 0 Å². The Morgan fingerprint density at radius 2 is 1.73 bits per heavy atom. The van der Waals surface area contributed by atoms with Gasteiger partial charge in [0.25, 0.3) is 0 Å². The number of carboxylic acid groups (broad SMARTS) is 1. The molecule has 1 N–H and O–H groups in total. The van der Waals surface area contributed by atoms with Crippen molar-refractivity contribution < 1.29 is 24.5 Å². The maximum Gasteiger partial charge on any atom is 0.305 e. The van der Waals surface area contributed by atoms with E-state index in [1.807, 2.05) is 0 Å². The van der Waals surface area contributed by atoms with Gasteiger partial charge in [-0.05, 0) is 32.1 Å². The minimum absolute atomic E-state index is 0.0161. The van der Waals surface area contributed by atoms with Crippen LogP contribution in [0.25, 0.3) is 0 Å². The highest BCUT2D eigenvalue weighted by molar-refractivity contribution is 5.69. The lowest BCUT2D eigenvalue weighted by Gasteiger charge is -2.04. The summed E-state index contributed by atoms with van der Waals surface area (Å²) in [5.41, 5.74) is 0. The molecule has 0 spiro atoms. The minimum atomic E-state index is -1.09. The highest BCUT2D eigenvalue weighted by Gasteiger charge is 2.01. The summed E-state index contributed by atoms with van der Waals surface area (Å²) in [5, 5.41) is 18.5. The molecule has 5 nitrogen and oxygen atoms in total. The van der Waals surface area contributed by atoms with Crippen LogP contribution in [0, 0.1) is 0 Å². The highest BCUT2D eigenvalue weighted by Crippen LogP contribution is 2.01. The van der Waals surface area contributed by atoms with E-state index in [4.69, 9.17) is 9.84 Å². The standard InChI is InChI=1S/C10H18O5/c11-7-3-4-8-15-10(14)6-2-1-5-9(12)13/h11H,1-8H2,(H,12,13)/p-1. The molecule has 0 amide bonds. The topological polar surface area (TPSA) is 86.7 Å². The van der Waals surface area contributed by atoms with Crippen LogP contribution in [0.4, 0.5) is 0 Å². The summed E-state index contributed by atoms with van der Waals surface area (Å²) in [5.74, 6) is -1.40. The van der Waals surface area contributed by atoms with Gasteiger partial charge in [-0.25, -0.2) is 0 Å². The first-order valence-electron chi connectivity index (χ1n) is 5.13. The molecule has 0 aliphatic heterocycles. The van der Waals surface area contributed by atoms with E-state index in [0.717, 1.165) is 0 Å². The van der Waals surface area contributed by atoms with Gasteiger partial charge in [0.05, 0.1) is 6.61 Å². The molecule has 0 bridgehead atoms. The quantitative estimate of drug-likeness (QED) is 0.420. The zero-order valence-corrected chi connectivity index (χ0v) is 8.74. The third-order valence-electron chi connectivity index (χ3n) is 1.83. The number of aliphatic hydroxyl groups is 1. The maximum absolute atomic E-state index is 11.0. The number of unbranched alkanes of at least 4 members (excludes halogenated alkanes) is 2. The van der Waals surface area contributed by atoms with E-state index in [1.54, 1.807) is 0 Å². The van der Waals surface area contributed by atoms with Gasteiger partial charge in [0.1, 0.15) is 0 Å². The van der Waals surface area contributed by atoms with Crippen LogP contribution in [-0.4, -0.2) is 30.3 Å². The predicted molar refractivity (Wildman–Crippen MR) is 50.8 cm³/mol. The highest BCUT2D eigenvalue weighted by atomic mass is 16.5. The van der Waals surface area contributed by atoms with E-state index < -0.39 is 5.97 Å². The Balaban J connectivity index is 3.22. The van der Waals surface area contributed by atoms with Gasteiger partial charge in [0.15, 0.2) is 0 Å². The minimum Gasteiger partial charge on any atom is -0.550 e. The molecule has 0 aliphatic rings. The van der Waals surface area contributed by atoms with Crippen LogP contribution >= 0.6 is 0 Å². The molecule has 0 aromatic heterocycles. The van der Waals surface area contributed by atoms with Gasteiger partial charge in [-0.3, -0.25) is 4.79 Å². The van der Waals surface area contributed by atoms with Crippen LogP contribution < -0.4 is 5.11 Å². The molecular formula is C10H17O5-. The molecule has 0 rings (SSSR count). The van der Waals surface area contributed by atoms with Crippen molar-refractivity contribution in [2.45, 2.75) is 38.5 Å². The van der Waals surface area contributed by atoms with Crippen molar-refractivity contribution in [2.24, 2.45) is 0 Å². The fourth-order valence-corrected chi connectivity index (χ4v) is 1.01. The zero-order valence-electron chi connectivity index (χ0n) is 8.74. The first-order chi connectivity index (χ1) is 7.16. The zero-order chi connectivity index (χ0) is 11.5. The number of rotatable bonds is 9. The van der Waals surface area contributed by atoms with Crippen molar-refractivity contribution in [3.05, 3.63) is 0 Å². The van der Waals surface area contributed by atoms with Crippen molar-refractivity contribution >= 4 is 11.9 Å². The molecule has 5 heteroatoms. The molecular weight excluding hydrogens is 200 g/mol. The van der Waals surface area contributed by atoms with Crippen LogP contribution in [0.1, 0.15) is 38.5 Å². The molecule has 15 heavy (non-hydrogen) atoms. The van der Waals surface area contributed by atoms with Gasteiger partial charge in [0.2, 0.25) is 0 Å². The molecule has 0 saturated carbocycles. The molecule has 0 saturated heterocycles. The monoisotopic (exact) mass is 217 g/mol. The van der Waals surface area contributed by atoms with Crippen molar-refractivity contribution in [3.8, 4) is 0 Å².